The zero-order valence-electron chi connectivity index (χ0n) is 15.2. The van der Waals surface area contributed by atoms with Crippen LogP contribution in [0.5, 0.6) is 11.5 Å². The molecule has 2 aromatic carbocycles. The van der Waals surface area contributed by atoms with Gasteiger partial charge in [0, 0.05) is 16.9 Å². The van der Waals surface area contributed by atoms with Gasteiger partial charge >= 0.3 is 0 Å². The Bertz CT molecular complexity index is 887. The van der Waals surface area contributed by atoms with Crippen LogP contribution in [0.25, 0.3) is 0 Å². The fourth-order valence-electron chi connectivity index (χ4n) is 2.38. The van der Waals surface area contributed by atoms with Crippen LogP contribution in [0.15, 0.2) is 54.7 Å². The Morgan fingerprint density at radius 2 is 1.81 bits per heavy atom. The second kappa shape index (κ2) is 9.09. The van der Waals surface area contributed by atoms with Crippen molar-refractivity contribution in [2.45, 2.75) is 6.92 Å². The van der Waals surface area contributed by atoms with E-state index in [9.17, 15) is 0 Å². The molecule has 0 radical (unpaired) electrons. The Hall–Kier alpha value is -2.99. The van der Waals surface area contributed by atoms with E-state index in [4.69, 9.17) is 21.1 Å². The third-order valence-corrected chi connectivity index (χ3v) is 4.07. The molecular weight excluding hydrogens is 364 g/mol. The van der Waals surface area contributed by atoms with E-state index in [0.717, 1.165) is 22.7 Å². The molecule has 6 nitrogen and oxygen atoms in total. The van der Waals surface area contributed by atoms with Gasteiger partial charge < -0.3 is 20.1 Å². The van der Waals surface area contributed by atoms with E-state index < -0.39 is 0 Å². The summed E-state index contributed by atoms with van der Waals surface area (Å²) >= 11 is 6.06. The van der Waals surface area contributed by atoms with Crippen molar-refractivity contribution in [3.05, 3.63) is 65.3 Å². The van der Waals surface area contributed by atoms with Gasteiger partial charge in [0.05, 0.1) is 13.7 Å². The second-order valence-corrected chi connectivity index (χ2v) is 6.24. The summed E-state index contributed by atoms with van der Waals surface area (Å²) in [5, 5.41) is 7.09. The first-order valence-corrected chi connectivity index (χ1v) is 8.89. The van der Waals surface area contributed by atoms with Gasteiger partial charge in [0.1, 0.15) is 23.9 Å². The van der Waals surface area contributed by atoms with Crippen LogP contribution in [0.1, 0.15) is 5.56 Å². The molecule has 0 amide bonds. The Morgan fingerprint density at radius 3 is 2.59 bits per heavy atom. The van der Waals surface area contributed by atoms with Crippen molar-refractivity contribution >= 4 is 29.1 Å². The fraction of sp³-hybridized carbons (Fsp3) is 0.200. The maximum atomic E-state index is 6.06. The van der Waals surface area contributed by atoms with Crippen LogP contribution in [-0.4, -0.2) is 30.2 Å². The molecular formula is C20H21ClN4O2. The first-order valence-electron chi connectivity index (χ1n) is 8.51. The lowest BCUT2D eigenvalue weighted by molar-refractivity contribution is 0.331. The number of aromatic nitrogens is 2. The number of benzene rings is 2. The first-order chi connectivity index (χ1) is 13.1. The van der Waals surface area contributed by atoms with Crippen molar-refractivity contribution in [3.63, 3.8) is 0 Å². The molecule has 0 aliphatic carbocycles. The smallest absolute Gasteiger partial charge is 0.224 e. The van der Waals surface area contributed by atoms with Crippen LogP contribution in [-0.2, 0) is 0 Å². The number of hydrogen-bond donors (Lipinski definition) is 2. The molecule has 140 valence electrons. The van der Waals surface area contributed by atoms with Gasteiger partial charge in [0.2, 0.25) is 5.95 Å². The molecule has 0 saturated carbocycles. The zero-order valence-corrected chi connectivity index (χ0v) is 16.0. The predicted octanol–water partition coefficient (Wildman–Crippen LogP) is 4.68. The molecule has 3 aromatic rings. The van der Waals surface area contributed by atoms with Gasteiger partial charge in [-0.15, -0.1) is 0 Å². The summed E-state index contributed by atoms with van der Waals surface area (Å²) in [6, 6.07) is 15.0. The van der Waals surface area contributed by atoms with Gasteiger partial charge in [0.15, 0.2) is 0 Å². The quantitative estimate of drug-likeness (QED) is 0.549. The van der Waals surface area contributed by atoms with Crippen molar-refractivity contribution in [2.75, 3.05) is 30.9 Å². The van der Waals surface area contributed by atoms with Gasteiger partial charge in [-0.25, -0.2) is 4.98 Å². The number of halogens is 1. The lowest BCUT2D eigenvalue weighted by atomic mass is 10.2. The highest BCUT2D eigenvalue weighted by atomic mass is 35.5. The van der Waals surface area contributed by atoms with Crippen LogP contribution >= 0.6 is 11.6 Å². The molecule has 0 atom stereocenters. The van der Waals surface area contributed by atoms with Crippen molar-refractivity contribution in [1.82, 2.24) is 9.97 Å². The molecule has 3 rings (SSSR count). The lowest BCUT2D eigenvalue weighted by Gasteiger charge is -2.11. The summed E-state index contributed by atoms with van der Waals surface area (Å²) < 4.78 is 10.8. The molecule has 0 unspecified atom stereocenters. The summed E-state index contributed by atoms with van der Waals surface area (Å²) in [7, 11) is 1.64. The highest BCUT2D eigenvalue weighted by molar-refractivity contribution is 6.30. The van der Waals surface area contributed by atoms with E-state index >= 15 is 0 Å². The van der Waals surface area contributed by atoms with Gasteiger partial charge in [-0.2, -0.15) is 4.98 Å². The van der Waals surface area contributed by atoms with Gasteiger partial charge in [-0.3, -0.25) is 0 Å². The number of aryl methyl sites for hydroxylation is 1. The average molecular weight is 385 g/mol. The minimum Gasteiger partial charge on any atom is -0.497 e. The molecule has 0 saturated heterocycles. The van der Waals surface area contributed by atoms with Gasteiger partial charge in [0.25, 0.3) is 0 Å². The molecule has 0 aliphatic rings. The molecule has 1 aromatic heterocycles. The van der Waals surface area contributed by atoms with E-state index in [2.05, 4.69) is 20.6 Å². The molecule has 27 heavy (non-hydrogen) atoms. The van der Waals surface area contributed by atoms with E-state index in [1.165, 1.54) is 0 Å². The van der Waals surface area contributed by atoms with E-state index in [0.29, 0.717) is 29.9 Å². The maximum Gasteiger partial charge on any atom is 0.224 e. The van der Waals surface area contributed by atoms with Crippen molar-refractivity contribution in [2.24, 2.45) is 0 Å². The normalized spacial score (nSPS) is 10.3. The summed E-state index contributed by atoms with van der Waals surface area (Å²) in [5.41, 5.74) is 2.00. The second-order valence-electron chi connectivity index (χ2n) is 5.80. The van der Waals surface area contributed by atoms with Gasteiger partial charge in [-0.1, -0.05) is 17.7 Å². The van der Waals surface area contributed by atoms with Crippen molar-refractivity contribution in [3.8, 4) is 11.5 Å². The highest BCUT2D eigenvalue weighted by Crippen LogP contribution is 2.23. The largest absolute Gasteiger partial charge is 0.497 e. The maximum absolute atomic E-state index is 6.06. The van der Waals surface area contributed by atoms with Gasteiger partial charge in [-0.05, 0) is 55.0 Å². The van der Waals surface area contributed by atoms with Crippen LogP contribution < -0.4 is 20.1 Å². The van der Waals surface area contributed by atoms with E-state index in [1.807, 2.05) is 49.4 Å². The van der Waals surface area contributed by atoms with Crippen LogP contribution in [0, 0.1) is 6.92 Å². The number of hydrogen-bond acceptors (Lipinski definition) is 6. The molecule has 0 bridgehead atoms. The number of anilines is 3. The Morgan fingerprint density at radius 1 is 1.04 bits per heavy atom. The Labute approximate surface area is 163 Å². The Kier molecular flexibility index (Phi) is 6.33. The average Bonchev–Trinajstić information content (AvgIpc) is 2.69. The number of rotatable bonds is 8. The minimum absolute atomic E-state index is 0.487. The monoisotopic (exact) mass is 384 g/mol. The summed E-state index contributed by atoms with van der Waals surface area (Å²) in [6.07, 6.45) is 1.70. The summed E-state index contributed by atoms with van der Waals surface area (Å²) in [6.45, 7) is 3.07. The lowest BCUT2D eigenvalue weighted by Crippen LogP contribution is -2.13. The first kappa shape index (κ1) is 18.8. The predicted molar refractivity (Wildman–Crippen MR) is 108 cm³/mol. The van der Waals surface area contributed by atoms with Crippen LogP contribution in [0.2, 0.25) is 5.02 Å². The standard InChI is InChI=1S/C20H21ClN4O2/c1-14-3-4-15(21)13-18(14)24-19-9-10-22-20(25-19)23-11-12-27-17-7-5-16(26-2)6-8-17/h3-10,13H,11-12H2,1-2H3,(H2,22,23,24,25). The van der Waals surface area contributed by atoms with Crippen molar-refractivity contribution < 1.29 is 9.47 Å². The van der Waals surface area contributed by atoms with Crippen molar-refractivity contribution in [1.29, 1.82) is 0 Å². The van der Waals surface area contributed by atoms with E-state index in [-0.39, 0.29) is 0 Å². The van der Waals surface area contributed by atoms with E-state index in [1.54, 1.807) is 19.4 Å². The fourth-order valence-corrected chi connectivity index (χ4v) is 2.56. The van der Waals surface area contributed by atoms with Crippen LogP contribution in [0.4, 0.5) is 17.5 Å². The summed E-state index contributed by atoms with van der Waals surface area (Å²) in [5.74, 6) is 2.80. The topological polar surface area (TPSA) is 68.3 Å². The zero-order chi connectivity index (χ0) is 19.1. The van der Waals surface area contributed by atoms with Crippen LogP contribution in [0.3, 0.4) is 0 Å². The molecule has 0 spiro atoms. The summed E-state index contributed by atoms with van der Waals surface area (Å²) in [4.78, 5) is 8.69. The minimum atomic E-state index is 0.487. The molecule has 0 fully saturated rings. The SMILES string of the molecule is COc1ccc(OCCNc2nccc(Nc3cc(Cl)ccc3C)n2)cc1. The number of ether oxygens (including phenoxy) is 2. The highest BCUT2D eigenvalue weighted by Gasteiger charge is 2.03. The third-order valence-electron chi connectivity index (χ3n) is 3.83. The molecule has 0 aliphatic heterocycles. The number of nitrogens with zero attached hydrogens (tertiary/aromatic N) is 2. The number of nitrogens with one attached hydrogen (secondary N) is 2. The molecule has 1 heterocycles. The Balaban J connectivity index is 1.52. The molecule has 7 heteroatoms. The molecule has 2 N–H and O–H groups in total. The third kappa shape index (κ3) is 5.49. The number of methoxy groups -OCH3 is 1.